The van der Waals surface area contributed by atoms with Crippen LogP contribution in [0.3, 0.4) is 0 Å². The lowest BCUT2D eigenvalue weighted by Gasteiger charge is -2.43. The van der Waals surface area contributed by atoms with E-state index in [-0.39, 0.29) is 48.0 Å². The molecule has 10 heteroatoms. The number of halogens is 3. The minimum atomic E-state index is -4.44. The van der Waals surface area contributed by atoms with Gasteiger partial charge in [0.2, 0.25) is 0 Å². The van der Waals surface area contributed by atoms with Crippen LogP contribution in [0.15, 0.2) is 24.3 Å². The topological polar surface area (TPSA) is 70.2 Å². The van der Waals surface area contributed by atoms with Crippen LogP contribution in [0.5, 0.6) is 0 Å². The van der Waals surface area contributed by atoms with Gasteiger partial charge in [0.25, 0.3) is 5.91 Å². The van der Waals surface area contributed by atoms with Gasteiger partial charge >= 0.3 is 12.2 Å². The van der Waals surface area contributed by atoms with Gasteiger partial charge in [-0.2, -0.15) is 13.2 Å². The first-order valence-electron chi connectivity index (χ1n) is 11.2. The number of fused-ring (bicyclic) bond motifs is 1. The van der Waals surface area contributed by atoms with E-state index in [4.69, 9.17) is 4.74 Å². The maximum absolute atomic E-state index is 13.0. The Morgan fingerprint density at radius 2 is 1.67 bits per heavy atom. The van der Waals surface area contributed by atoms with Crippen molar-refractivity contribution < 1.29 is 32.3 Å². The molecule has 3 aliphatic heterocycles. The monoisotopic (exact) mass is 467 g/mol. The predicted octanol–water partition coefficient (Wildman–Crippen LogP) is 3.04. The molecule has 2 atom stereocenters. The molecule has 3 saturated heterocycles. The largest absolute Gasteiger partial charge is 0.416 e. The highest BCUT2D eigenvalue weighted by Gasteiger charge is 2.38. The second-order valence-electron chi connectivity index (χ2n) is 9.08. The number of nitrogens with zero attached hydrogens (tertiary/aromatic N) is 3. The maximum atomic E-state index is 13.0. The van der Waals surface area contributed by atoms with E-state index >= 15 is 0 Å². The molecule has 3 fully saturated rings. The molecule has 0 radical (unpaired) electrons. The summed E-state index contributed by atoms with van der Waals surface area (Å²) in [5.74, 6) is -0.210. The van der Waals surface area contributed by atoms with Crippen molar-refractivity contribution in [2.45, 2.75) is 44.0 Å². The van der Waals surface area contributed by atoms with Crippen LogP contribution in [0.2, 0.25) is 0 Å². The number of benzene rings is 1. The normalized spacial score (nSPS) is 24.4. The molecule has 4 rings (SSSR count). The molecule has 7 nitrogen and oxygen atoms in total. The second kappa shape index (κ2) is 9.32. The van der Waals surface area contributed by atoms with Crippen molar-refractivity contribution in [1.29, 1.82) is 0 Å². The molecule has 1 aromatic carbocycles. The summed E-state index contributed by atoms with van der Waals surface area (Å²) in [6.45, 7) is 2.27. The highest BCUT2D eigenvalue weighted by Crippen LogP contribution is 2.30. The number of ether oxygens (including phenoxy) is 1. The molecule has 3 heterocycles. The van der Waals surface area contributed by atoms with Crippen molar-refractivity contribution in [3.05, 3.63) is 35.4 Å². The van der Waals surface area contributed by atoms with Gasteiger partial charge in [0.15, 0.2) is 5.78 Å². The third kappa shape index (κ3) is 5.15. The predicted molar refractivity (Wildman–Crippen MR) is 113 cm³/mol. The SMILES string of the molecule is CN(C(=O)c1ccc(C(F)(F)F)cc1)C1CCN(C(=O)N2CC[C@@H]3OCC(=O)C[C@@H]3C2)CC1. The number of carbonyl (C=O) groups excluding carboxylic acids is 3. The smallest absolute Gasteiger partial charge is 0.370 e. The van der Waals surface area contributed by atoms with Gasteiger partial charge in [-0.05, 0) is 43.5 Å². The molecule has 3 aliphatic rings. The number of likely N-dealkylation sites (tertiary alicyclic amines) is 2. The summed E-state index contributed by atoms with van der Waals surface area (Å²) in [5, 5.41) is 0. The van der Waals surface area contributed by atoms with Crippen molar-refractivity contribution in [2.24, 2.45) is 5.92 Å². The van der Waals surface area contributed by atoms with E-state index in [1.807, 2.05) is 0 Å². The van der Waals surface area contributed by atoms with Crippen molar-refractivity contribution in [2.75, 3.05) is 39.8 Å². The lowest BCUT2D eigenvalue weighted by Crippen LogP contribution is -2.55. The first-order chi connectivity index (χ1) is 15.6. The third-order valence-corrected chi connectivity index (χ3v) is 6.95. The van der Waals surface area contributed by atoms with Crippen molar-refractivity contribution in [3.8, 4) is 0 Å². The average molecular weight is 467 g/mol. The van der Waals surface area contributed by atoms with Crippen molar-refractivity contribution >= 4 is 17.7 Å². The highest BCUT2D eigenvalue weighted by atomic mass is 19.4. The van der Waals surface area contributed by atoms with Crippen LogP contribution in [0.25, 0.3) is 0 Å². The van der Waals surface area contributed by atoms with E-state index in [1.54, 1.807) is 21.7 Å². The van der Waals surface area contributed by atoms with E-state index in [0.717, 1.165) is 18.6 Å². The van der Waals surface area contributed by atoms with Crippen LogP contribution in [-0.4, -0.2) is 84.4 Å². The number of ketones is 1. The first-order valence-corrected chi connectivity index (χ1v) is 11.2. The van der Waals surface area contributed by atoms with Crippen LogP contribution in [0.1, 0.15) is 41.6 Å². The van der Waals surface area contributed by atoms with Gasteiger partial charge < -0.3 is 19.4 Å². The summed E-state index contributed by atoms with van der Waals surface area (Å²) < 4.78 is 43.9. The van der Waals surface area contributed by atoms with Crippen LogP contribution in [0, 0.1) is 5.92 Å². The Morgan fingerprint density at radius 1 is 1.03 bits per heavy atom. The summed E-state index contributed by atoms with van der Waals surface area (Å²) in [7, 11) is 1.65. The Labute approximate surface area is 190 Å². The van der Waals surface area contributed by atoms with Gasteiger partial charge in [0.05, 0.1) is 11.7 Å². The van der Waals surface area contributed by atoms with E-state index < -0.39 is 11.7 Å². The second-order valence-corrected chi connectivity index (χ2v) is 9.08. The summed E-state index contributed by atoms with van der Waals surface area (Å²) in [5.41, 5.74) is -0.585. The van der Waals surface area contributed by atoms with Crippen LogP contribution in [0.4, 0.5) is 18.0 Å². The molecule has 0 N–H and O–H groups in total. The number of hydrogen-bond donors (Lipinski definition) is 0. The van der Waals surface area contributed by atoms with Crippen LogP contribution < -0.4 is 0 Å². The number of Topliss-reactive ketones (excluding diaryl/α,β-unsaturated/α-hetero) is 1. The van der Waals surface area contributed by atoms with E-state index in [9.17, 15) is 27.6 Å². The van der Waals surface area contributed by atoms with Crippen molar-refractivity contribution in [1.82, 2.24) is 14.7 Å². The number of amides is 3. The Kier molecular flexibility index (Phi) is 6.65. The zero-order chi connectivity index (χ0) is 23.8. The molecule has 180 valence electrons. The van der Waals surface area contributed by atoms with Gasteiger partial charge in [-0.1, -0.05) is 0 Å². The minimum absolute atomic E-state index is 0.0438. The number of alkyl halides is 3. The summed E-state index contributed by atoms with van der Waals surface area (Å²) in [6.07, 6.45) is -2.03. The molecule has 0 spiro atoms. The van der Waals surface area contributed by atoms with Gasteiger partial charge in [-0.25, -0.2) is 4.79 Å². The molecule has 0 unspecified atom stereocenters. The lowest BCUT2D eigenvalue weighted by atomic mass is 9.88. The van der Waals surface area contributed by atoms with Crippen LogP contribution >= 0.6 is 0 Å². The quantitative estimate of drug-likeness (QED) is 0.671. The first kappa shape index (κ1) is 23.5. The molecule has 1 aromatic rings. The van der Waals surface area contributed by atoms with Crippen molar-refractivity contribution in [3.63, 3.8) is 0 Å². The van der Waals surface area contributed by atoms with E-state index in [0.29, 0.717) is 45.4 Å². The maximum Gasteiger partial charge on any atom is 0.416 e. The minimum Gasteiger partial charge on any atom is -0.370 e. The zero-order valence-corrected chi connectivity index (χ0v) is 18.5. The fraction of sp³-hybridized carbons (Fsp3) is 0.609. The summed E-state index contributed by atoms with van der Waals surface area (Å²) in [6, 6.07) is 4.07. The molecular formula is C23H28F3N3O4. The molecule has 3 amide bonds. The number of hydrogen-bond acceptors (Lipinski definition) is 4. The fourth-order valence-electron chi connectivity index (χ4n) is 4.97. The molecule has 0 bridgehead atoms. The van der Waals surface area contributed by atoms with Gasteiger partial charge in [-0.15, -0.1) is 0 Å². The summed E-state index contributed by atoms with van der Waals surface area (Å²) in [4.78, 5) is 42.6. The Balaban J connectivity index is 1.29. The third-order valence-electron chi connectivity index (χ3n) is 6.95. The van der Waals surface area contributed by atoms with E-state index in [2.05, 4.69) is 0 Å². The Hall–Kier alpha value is -2.62. The zero-order valence-electron chi connectivity index (χ0n) is 18.5. The number of rotatable bonds is 2. The number of carbonyl (C=O) groups is 3. The lowest BCUT2D eigenvalue weighted by molar-refractivity contribution is -0.140. The molecule has 33 heavy (non-hydrogen) atoms. The summed E-state index contributed by atoms with van der Waals surface area (Å²) >= 11 is 0. The van der Waals surface area contributed by atoms with Gasteiger partial charge in [-0.3, -0.25) is 9.59 Å². The van der Waals surface area contributed by atoms with Crippen LogP contribution in [-0.2, 0) is 15.7 Å². The number of piperidine rings is 2. The molecular weight excluding hydrogens is 439 g/mol. The molecule has 0 aliphatic carbocycles. The number of urea groups is 1. The standard InChI is InChI=1S/C23H28F3N3O4/c1-27(21(31)15-2-4-17(5-3-15)23(24,25)26)18-6-9-28(10-7-18)22(32)29-11-8-20-16(13-29)12-19(30)14-33-20/h2-5,16,18,20H,6-14H2,1H3/t16-,20+/m1/s1. The molecule has 0 aromatic heterocycles. The Morgan fingerprint density at radius 3 is 2.30 bits per heavy atom. The average Bonchev–Trinajstić information content (AvgIpc) is 2.81. The fourth-order valence-corrected chi connectivity index (χ4v) is 4.97. The molecule has 0 saturated carbocycles. The van der Waals surface area contributed by atoms with E-state index in [1.165, 1.54) is 12.1 Å². The van der Waals surface area contributed by atoms with Gasteiger partial charge in [0, 0.05) is 57.2 Å². The Bertz CT molecular complexity index is 897. The highest BCUT2D eigenvalue weighted by molar-refractivity contribution is 5.94. The van der Waals surface area contributed by atoms with Gasteiger partial charge in [0.1, 0.15) is 6.61 Å².